The Morgan fingerprint density at radius 3 is 2.62 bits per heavy atom. The first-order valence-corrected chi connectivity index (χ1v) is 8.12. The standard InChI is InChI=1S/C19H19N5O2/c1-12-11-16(21-17(25)10-9-15-7-5-4-6-8-15)24(23-12)19-20-14(3)13(2)18(26)22-19/h4-11H,1-3H3,(H,21,25)(H,20,22,26)/b10-9+. The van der Waals surface area contributed by atoms with Crippen LogP contribution in [0.15, 0.2) is 47.3 Å². The number of aromatic amines is 1. The van der Waals surface area contributed by atoms with E-state index in [2.05, 4.69) is 20.4 Å². The van der Waals surface area contributed by atoms with Crippen LogP contribution in [0.1, 0.15) is 22.5 Å². The zero-order chi connectivity index (χ0) is 18.7. The summed E-state index contributed by atoms with van der Waals surface area (Å²) in [5, 5.41) is 7.08. The summed E-state index contributed by atoms with van der Waals surface area (Å²) < 4.78 is 1.41. The average molecular weight is 349 g/mol. The highest BCUT2D eigenvalue weighted by Gasteiger charge is 2.13. The molecule has 2 N–H and O–H groups in total. The van der Waals surface area contributed by atoms with E-state index in [-0.39, 0.29) is 17.4 Å². The van der Waals surface area contributed by atoms with Crippen LogP contribution >= 0.6 is 0 Å². The minimum atomic E-state index is -0.304. The van der Waals surface area contributed by atoms with E-state index in [0.717, 1.165) is 5.56 Å². The van der Waals surface area contributed by atoms with Crippen molar-refractivity contribution in [3.8, 4) is 5.95 Å². The van der Waals surface area contributed by atoms with E-state index in [1.54, 1.807) is 32.9 Å². The highest BCUT2D eigenvalue weighted by Crippen LogP contribution is 2.14. The summed E-state index contributed by atoms with van der Waals surface area (Å²) in [5.74, 6) is 0.381. The van der Waals surface area contributed by atoms with Crippen LogP contribution in [0.2, 0.25) is 0 Å². The number of aryl methyl sites for hydroxylation is 2. The molecule has 7 heteroatoms. The molecule has 0 bridgehead atoms. The van der Waals surface area contributed by atoms with Gasteiger partial charge in [0.2, 0.25) is 11.9 Å². The van der Waals surface area contributed by atoms with Gasteiger partial charge in [0.1, 0.15) is 5.82 Å². The Bertz CT molecular complexity index is 1030. The second kappa shape index (κ2) is 7.18. The molecule has 26 heavy (non-hydrogen) atoms. The predicted octanol–water partition coefficient (Wildman–Crippen LogP) is 2.53. The van der Waals surface area contributed by atoms with E-state index in [9.17, 15) is 9.59 Å². The van der Waals surface area contributed by atoms with Gasteiger partial charge in [-0.25, -0.2) is 4.98 Å². The monoisotopic (exact) mass is 349 g/mol. The van der Waals surface area contributed by atoms with Crippen LogP contribution in [0.5, 0.6) is 0 Å². The molecule has 1 aromatic carbocycles. The predicted molar refractivity (Wildman–Crippen MR) is 100 cm³/mol. The van der Waals surface area contributed by atoms with Crippen molar-refractivity contribution < 1.29 is 4.79 Å². The van der Waals surface area contributed by atoms with Gasteiger partial charge in [-0.3, -0.25) is 14.6 Å². The molecule has 0 saturated heterocycles. The van der Waals surface area contributed by atoms with Crippen molar-refractivity contribution in [3.05, 3.63) is 75.3 Å². The highest BCUT2D eigenvalue weighted by atomic mass is 16.1. The summed E-state index contributed by atoms with van der Waals surface area (Å²) in [7, 11) is 0. The van der Waals surface area contributed by atoms with Crippen LogP contribution in [0.25, 0.3) is 12.0 Å². The molecule has 3 aromatic rings. The maximum absolute atomic E-state index is 12.2. The molecule has 0 fully saturated rings. The number of nitrogens with zero attached hydrogens (tertiary/aromatic N) is 3. The van der Waals surface area contributed by atoms with Gasteiger partial charge < -0.3 is 5.32 Å². The Morgan fingerprint density at radius 2 is 1.92 bits per heavy atom. The molecule has 0 unspecified atom stereocenters. The van der Waals surface area contributed by atoms with Crippen LogP contribution in [0.4, 0.5) is 5.82 Å². The maximum Gasteiger partial charge on any atom is 0.255 e. The van der Waals surface area contributed by atoms with Gasteiger partial charge in [-0.15, -0.1) is 0 Å². The summed E-state index contributed by atoms with van der Waals surface area (Å²) in [6, 6.07) is 11.2. The number of hydrogen-bond acceptors (Lipinski definition) is 4. The zero-order valence-electron chi connectivity index (χ0n) is 14.8. The summed E-state index contributed by atoms with van der Waals surface area (Å²) >= 11 is 0. The molecular formula is C19H19N5O2. The van der Waals surface area contributed by atoms with Crippen LogP contribution in [0, 0.1) is 20.8 Å². The third-order valence-corrected chi connectivity index (χ3v) is 3.89. The van der Waals surface area contributed by atoms with Crippen molar-refractivity contribution in [2.75, 3.05) is 5.32 Å². The number of benzene rings is 1. The topological polar surface area (TPSA) is 92.7 Å². The molecule has 1 amide bonds. The molecule has 7 nitrogen and oxygen atoms in total. The number of hydrogen-bond donors (Lipinski definition) is 2. The van der Waals surface area contributed by atoms with Crippen molar-refractivity contribution in [3.63, 3.8) is 0 Å². The highest BCUT2D eigenvalue weighted by molar-refractivity contribution is 6.01. The van der Waals surface area contributed by atoms with Crippen molar-refractivity contribution in [1.29, 1.82) is 0 Å². The summed E-state index contributed by atoms with van der Waals surface area (Å²) in [5.41, 5.74) is 2.54. The van der Waals surface area contributed by atoms with Crippen molar-refractivity contribution in [1.82, 2.24) is 19.7 Å². The Balaban J connectivity index is 1.87. The molecule has 0 atom stereocenters. The molecule has 2 aromatic heterocycles. The number of H-pyrrole nitrogens is 1. The van der Waals surface area contributed by atoms with E-state index in [0.29, 0.717) is 22.8 Å². The third kappa shape index (κ3) is 3.77. The number of amides is 1. The molecule has 0 spiro atoms. The lowest BCUT2D eigenvalue weighted by Crippen LogP contribution is -2.20. The van der Waals surface area contributed by atoms with E-state index >= 15 is 0 Å². The fourth-order valence-corrected chi connectivity index (χ4v) is 2.38. The van der Waals surface area contributed by atoms with E-state index < -0.39 is 0 Å². The Labute approximate surface area is 150 Å². The van der Waals surface area contributed by atoms with Crippen LogP contribution in [-0.4, -0.2) is 25.7 Å². The first kappa shape index (κ1) is 17.3. The molecule has 0 aliphatic carbocycles. The van der Waals surface area contributed by atoms with E-state index in [4.69, 9.17) is 0 Å². The lowest BCUT2D eigenvalue weighted by atomic mass is 10.2. The average Bonchev–Trinajstić information content (AvgIpc) is 2.98. The van der Waals surface area contributed by atoms with Crippen LogP contribution < -0.4 is 10.9 Å². The number of rotatable bonds is 4. The van der Waals surface area contributed by atoms with Gasteiger partial charge in [-0.1, -0.05) is 30.3 Å². The lowest BCUT2D eigenvalue weighted by molar-refractivity contribution is -0.111. The molecule has 0 saturated carbocycles. The summed E-state index contributed by atoms with van der Waals surface area (Å²) in [6.45, 7) is 5.26. The largest absolute Gasteiger partial charge is 0.307 e. The number of nitrogens with one attached hydrogen (secondary N) is 2. The Hall–Kier alpha value is -3.48. The van der Waals surface area contributed by atoms with Crippen molar-refractivity contribution in [2.45, 2.75) is 20.8 Å². The molecular weight excluding hydrogens is 330 g/mol. The number of anilines is 1. The van der Waals surface area contributed by atoms with Gasteiger partial charge in [0.25, 0.3) is 5.56 Å². The first-order valence-electron chi connectivity index (χ1n) is 8.12. The van der Waals surface area contributed by atoms with E-state index in [1.807, 2.05) is 30.3 Å². The number of carbonyl (C=O) groups is 1. The van der Waals surface area contributed by atoms with Crippen molar-refractivity contribution in [2.24, 2.45) is 0 Å². The minimum absolute atomic E-state index is 0.234. The molecule has 3 rings (SSSR count). The van der Waals surface area contributed by atoms with E-state index in [1.165, 1.54) is 10.8 Å². The Kier molecular flexibility index (Phi) is 4.79. The van der Waals surface area contributed by atoms with Gasteiger partial charge in [0.05, 0.1) is 5.69 Å². The fraction of sp³-hybridized carbons (Fsp3) is 0.158. The second-order valence-electron chi connectivity index (χ2n) is 5.92. The van der Waals surface area contributed by atoms with Crippen LogP contribution in [0.3, 0.4) is 0 Å². The molecule has 132 valence electrons. The molecule has 0 aliphatic heterocycles. The zero-order valence-corrected chi connectivity index (χ0v) is 14.8. The summed E-state index contributed by atoms with van der Waals surface area (Å²) in [6.07, 6.45) is 3.16. The molecule has 0 aliphatic rings. The van der Waals surface area contributed by atoms with Gasteiger partial charge in [0.15, 0.2) is 0 Å². The first-order chi connectivity index (χ1) is 12.4. The maximum atomic E-state index is 12.2. The fourth-order valence-electron chi connectivity index (χ4n) is 2.38. The van der Waals surface area contributed by atoms with Gasteiger partial charge in [-0.2, -0.15) is 9.78 Å². The van der Waals surface area contributed by atoms with Crippen LogP contribution in [-0.2, 0) is 4.79 Å². The Morgan fingerprint density at radius 1 is 1.19 bits per heavy atom. The SMILES string of the molecule is Cc1cc(NC(=O)/C=C/c2ccccc2)n(-c2nc(C)c(C)c(=O)[nH]2)n1. The minimum Gasteiger partial charge on any atom is -0.307 e. The number of carbonyl (C=O) groups excluding carboxylic acids is 1. The second-order valence-corrected chi connectivity index (χ2v) is 5.92. The van der Waals surface area contributed by atoms with Crippen molar-refractivity contribution >= 4 is 17.8 Å². The van der Waals surface area contributed by atoms with Gasteiger partial charge in [-0.05, 0) is 32.4 Å². The molecule has 0 radical (unpaired) electrons. The smallest absolute Gasteiger partial charge is 0.255 e. The number of aromatic nitrogens is 4. The molecule has 2 heterocycles. The normalized spacial score (nSPS) is 11.0. The summed E-state index contributed by atoms with van der Waals surface area (Å²) in [4.78, 5) is 31.3. The third-order valence-electron chi connectivity index (χ3n) is 3.89. The van der Waals surface area contributed by atoms with Gasteiger partial charge >= 0.3 is 0 Å². The van der Waals surface area contributed by atoms with Gasteiger partial charge in [0, 0.05) is 23.4 Å². The quantitative estimate of drug-likeness (QED) is 0.708. The lowest BCUT2D eigenvalue weighted by Gasteiger charge is -2.08.